The van der Waals surface area contributed by atoms with Gasteiger partial charge in [0.25, 0.3) is 10.1 Å². The fourth-order valence-corrected chi connectivity index (χ4v) is 6.62. The van der Waals surface area contributed by atoms with E-state index in [1.165, 1.54) is 18.3 Å². The summed E-state index contributed by atoms with van der Waals surface area (Å²) < 4.78 is 59.6. The highest BCUT2D eigenvalue weighted by molar-refractivity contribution is 7.88. The van der Waals surface area contributed by atoms with E-state index in [-0.39, 0.29) is 29.1 Å². The lowest BCUT2D eigenvalue weighted by molar-refractivity contribution is -0.140. The molecule has 0 saturated carbocycles. The summed E-state index contributed by atoms with van der Waals surface area (Å²) in [5.74, 6) is -2.09. The molecule has 13 heteroatoms. The lowest BCUT2D eigenvalue weighted by Gasteiger charge is -2.40. The molecule has 11 nitrogen and oxygen atoms in total. The molecular weight excluding hydrogens is 426 g/mol. The molecule has 5 atom stereocenters. The molecule has 0 amide bonds. The van der Waals surface area contributed by atoms with Crippen molar-refractivity contribution in [1.29, 1.82) is 0 Å². The minimum atomic E-state index is -3.88. The first-order valence-electron chi connectivity index (χ1n) is 8.73. The monoisotopic (exact) mass is 447 g/mol. The molecule has 0 spiro atoms. The van der Waals surface area contributed by atoms with Crippen LogP contribution in [0.2, 0.25) is 0 Å². The van der Waals surface area contributed by atoms with Crippen LogP contribution in [0.3, 0.4) is 0 Å². The normalized spacial score (nSPS) is 36.5. The van der Waals surface area contributed by atoms with Crippen LogP contribution in [0.5, 0.6) is 0 Å². The molecule has 4 rings (SSSR count). The van der Waals surface area contributed by atoms with E-state index in [0.29, 0.717) is 0 Å². The van der Waals surface area contributed by atoms with Crippen LogP contribution in [0, 0.1) is 5.92 Å². The lowest BCUT2D eigenvalue weighted by Crippen LogP contribution is -2.56. The van der Waals surface area contributed by atoms with E-state index in [1.807, 2.05) is 0 Å². The third-order valence-electron chi connectivity index (χ3n) is 6.07. The summed E-state index contributed by atoms with van der Waals surface area (Å²) in [6, 6.07) is -1.14. The number of carbonyl (C=O) groups excluding carboxylic acids is 2. The molecule has 1 unspecified atom stereocenters. The molecule has 0 radical (unpaired) electrons. The molecule has 0 aromatic rings. The number of methoxy groups -OCH3 is 1. The summed E-state index contributed by atoms with van der Waals surface area (Å²) in [6.45, 7) is 1.08. The number of ketones is 2. The number of ether oxygens (including phenoxy) is 1. The number of Topliss-reactive ketones (excluding diaryl/α,β-unsaturated/α-hetero) is 2. The number of hydrogen-bond donors (Lipinski definition) is 1. The third-order valence-corrected chi connectivity index (χ3v) is 7.90. The Bertz CT molecular complexity index is 1120. The number of rotatable bonds is 5. The van der Waals surface area contributed by atoms with Crippen molar-refractivity contribution in [2.45, 2.75) is 24.7 Å². The van der Waals surface area contributed by atoms with Crippen molar-refractivity contribution in [2.24, 2.45) is 11.7 Å². The SMILES string of the molecule is CO[C@@]12[C@H](COS(C)(=O)=O)C3=C(C(=O)C(C)=C(N)C3=O)N1C[C@H]1[C@@H]2N1S(C)(=O)=O. The molecule has 0 aromatic heterocycles. The molecule has 2 saturated heterocycles. The van der Waals surface area contributed by atoms with Crippen molar-refractivity contribution in [3.8, 4) is 0 Å². The highest BCUT2D eigenvalue weighted by Gasteiger charge is 2.78. The van der Waals surface area contributed by atoms with Crippen LogP contribution in [0.25, 0.3) is 0 Å². The maximum absolute atomic E-state index is 13.0. The maximum Gasteiger partial charge on any atom is 0.264 e. The average molecular weight is 447 g/mol. The zero-order valence-electron chi connectivity index (χ0n) is 16.2. The molecule has 4 aliphatic rings. The molecule has 29 heavy (non-hydrogen) atoms. The Hall–Kier alpha value is -1.80. The quantitative estimate of drug-likeness (QED) is 0.282. The number of nitrogens with two attached hydrogens (primary N) is 1. The smallest absolute Gasteiger partial charge is 0.264 e. The zero-order chi connectivity index (χ0) is 21.7. The van der Waals surface area contributed by atoms with E-state index in [1.54, 1.807) is 4.90 Å². The fraction of sp³-hybridized carbons (Fsp3) is 0.625. The minimum Gasteiger partial charge on any atom is -0.395 e. The van der Waals surface area contributed by atoms with Gasteiger partial charge in [0.05, 0.1) is 48.5 Å². The largest absolute Gasteiger partial charge is 0.395 e. The van der Waals surface area contributed by atoms with E-state index in [9.17, 15) is 26.4 Å². The van der Waals surface area contributed by atoms with Crippen LogP contribution < -0.4 is 5.73 Å². The van der Waals surface area contributed by atoms with Crippen molar-refractivity contribution in [3.05, 3.63) is 22.5 Å². The highest BCUT2D eigenvalue weighted by atomic mass is 32.2. The molecule has 2 N–H and O–H groups in total. The predicted octanol–water partition coefficient (Wildman–Crippen LogP) is -2.10. The van der Waals surface area contributed by atoms with Gasteiger partial charge in [0.2, 0.25) is 21.6 Å². The van der Waals surface area contributed by atoms with Crippen LogP contribution in [0.1, 0.15) is 6.92 Å². The van der Waals surface area contributed by atoms with Gasteiger partial charge in [0.15, 0.2) is 5.72 Å². The van der Waals surface area contributed by atoms with Gasteiger partial charge in [-0.15, -0.1) is 0 Å². The number of sulfonamides is 1. The maximum atomic E-state index is 13.0. The van der Waals surface area contributed by atoms with Crippen molar-refractivity contribution < 1.29 is 35.3 Å². The molecule has 0 bridgehead atoms. The minimum absolute atomic E-state index is 0.00222. The summed E-state index contributed by atoms with van der Waals surface area (Å²) in [4.78, 5) is 27.5. The molecular formula is C16H21N3O8S2. The van der Waals surface area contributed by atoms with Crippen molar-refractivity contribution >= 4 is 31.7 Å². The Kier molecular flexibility index (Phi) is 4.15. The summed E-state index contributed by atoms with van der Waals surface area (Å²) in [7, 11) is -6.13. The topological polar surface area (TPSA) is 153 Å². The second-order valence-corrected chi connectivity index (χ2v) is 11.2. The highest BCUT2D eigenvalue weighted by Crippen LogP contribution is 2.60. The van der Waals surface area contributed by atoms with Crippen LogP contribution in [0.15, 0.2) is 22.5 Å². The first-order chi connectivity index (χ1) is 13.3. The van der Waals surface area contributed by atoms with Gasteiger partial charge in [-0.3, -0.25) is 13.8 Å². The Labute approximate surface area is 168 Å². The molecule has 0 aromatic carbocycles. The van der Waals surface area contributed by atoms with Gasteiger partial charge < -0.3 is 15.4 Å². The Morgan fingerprint density at radius 1 is 1.17 bits per heavy atom. The predicted molar refractivity (Wildman–Crippen MR) is 98.9 cm³/mol. The summed E-state index contributed by atoms with van der Waals surface area (Å²) >= 11 is 0. The van der Waals surface area contributed by atoms with E-state index >= 15 is 0 Å². The molecule has 160 valence electrons. The van der Waals surface area contributed by atoms with E-state index in [0.717, 1.165) is 12.5 Å². The van der Waals surface area contributed by atoms with Crippen LogP contribution >= 0.6 is 0 Å². The average Bonchev–Trinajstić information content (AvgIpc) is 3.14. The summed E-state index contributed by atoms with van der Waals surface area (Å²) in [5, 5.41) is 0. The van der Waals surface area contributed by atoms with Gasteiger partial charge in [-0.2, -0.15) is 12.7 Å². The van der Waals surface area contributed by atoms with Gasteiger partial charge in [0.1, 0.15) is 0 Å². The van der Waals surface area contributed by atoms with Gasteiger partial charge in [-0.25, -0.2) is 8.42 Å². The van der Waals surface area contributed by atoms with Crippen molar-refractivity contribution in [1.82, 2.24) is 9.21 Å². The number of piperazine rings is 1. The second-order valence-electron chi connectivity index (χ2n) is 7.67. The van der Waals surface area contributed by atoms with Crippen LogP contribution in [-0.4, -0.2) is 88.2 Å². The van der Waals surface area contributed by atoms with Crippen LogP contribution in [-0.2, 0) is 38.7 Å². The Balaban J connectivity index is 1.87. The number of nitrogens with zero attached hydrogens (tertiary/aromatic N) is 2. The number of fused-ring (bicyclic) bond motifs is 4. The molecule has 3 aliphatic heterocycles. The summed E-state index contributed by atoms with van der Waals surface area (Å²) in [6.07, 6.45) is 1.92. The zero-order valence-corrected chi connectivity index (χ0v) is 17.8. The molecule has 3 heterocycles. The van der Waals surface area contributed by atoms with Gasteiger partial charge in [-0.05, 0) is 6.92 Å². The van der Waals surface area contributed by atoms with E-state index in [4.69, 9.17) is 14.7 Å². The van der Waals surface area contributed by atoms with Crippen molar-refractivity contribution in [3.63, 3.8) is 0 Å². The number of allylic oxidation sites excluding steroid dienone is 2. The molecule has 1 aliphatic carbocycles. The standard InChI is InChI=1S/C16H21N3O8S2/c1-7-11(17)14(21)10-8(6-27-29(4,24)25)16(26-2)15-9(19(15)28(3,22)23)5-18(16)12(10)13(7)20/h8-9,15H,5-6,17H2,1-4H3/t8-,9+,15+,16-,19?/m1/s1. The molecule has 2 fully saturated rings. The van der Waals surface area contributed by atoms with Crippen LogP contribution in [0.4, 0.5) is 0 Å². The first kappa shape index (κ1) is 20.5. The fourth-order valence-electron chi connectivity index (χ4n) is 4.91. The van der Waals surface area contributed by atoms with Crippen molar-refractivity contribution in [2.75, 3.05) is 32.8 Å². The third kappa shape index (κ3) is 2.57. The second kappa shape index (κ2) is 5.88. The first-order valence-corrected chi connectivity index (χ1v) is 12.4. The number of hydrogen-bond acceptors (Lipinski definition) is 10. The Morgan fingerprint density at radius 2 is 1.79 bits per heavy atom. The van der Waals surface area contributed by atoms with E-state index < -0.39 is 62.0 Å². The van der Waals surface area contributed by atoms with Gasteiger partial charge in [0, 0.05) is 24.8 Å². The summed E-state index contributed by atoms with van der Waals surface area (Å²) in [5.41, 5.74) is 4.33. The van der Waals surface area contributed by atoms with E-state index in [2.05, 4.69) is 0 Å². The lowest BCUT2D eigenvalue weighted by atomic mass is 9.82. The Morgan fingerprint density at radius 3 is 2.31 bits per heavy atom. The van der Waals surface area contributed by atoms with Gasteiger partial charge in [-0.1, -0.05) is 0 Å². The number of carbonyl (C=O) groups is 2. The van der Waals surface area contributed by atoms with Gasteiger partial charge >= 0.3 is 0 Å².